The lowest BCUT2D eigenvalue weighted by atomic mass is 9.86. The minimum Gasteiger partial charge on any atom is -0.469 e. The molecule has 1 fully saturated rings. The topological polar surface area (TPSA) is 76.6 Å². The minimum atomic E-state index is -4.76. The van der Waals surface area contributed by atoms with Crippen LogP contribution in [0.25, 0.3) is 0 Å². The summed E-state index contributed by atoms with van der Waals surface area (Å²) in [5.41, 5.74) is 1.77. The Balaban J connectivity index is 1.36. The minimum absolute atomic E-state index is 0.117. The third-order valence-corrected chi connectivity index (χ3v) is 7.68. The Kier molecular flexibility index (Phi) is 10.3. The number of halogens is 5. The largest absolute Gasteiger partial charge is 0.573 e. The predicted molar refractivity (Wildman–Crippen MR) is 150 cm³/mol. The van der Waals surface area contributed by atoms with Crippen molar-refractivity contribution < 1.29 is 27.4 Å². The Morgan fingerprint density at radius 1 is 1.10 bits per heavy atom. The van der Waals surface area contributed by atoms with E-state index in [4.69, 9.17) is 27.9 Å². The molecule has 2 aromatic heterocycles. The van der Waals surface area contributed by atoms with Crippen LogP contribution in [0.2, 0.25) is 10.0 Å². The molecule has 12 heteroatoms. The quantitative estimate of drug-likeness (QED) is 0.265. The highest BCUT2D eigenvalue weighted by molar-refractivity contribution is 6.39. The zero-order valence-corrected chi connectivity index (χ0v) is 24.1. The lowest BCUT2D eigenvalue weighted by molar-refractivity contribution is -0.274. The summed E-state index contributed by atoms with van der Waals surface area (Å²) in [5.74, 6) is -0.0417. The standard InChI is InChI=1S/C29H31Cl2F3N4O3/c1-18-4-3-5-25(37-18)40-27(20-6-8-22(9-7-20)41-29(32,33)34)21-11-14-38(15-12-21)19(2)10-13-36-28(39)26-23(30)16-35-17-24(26)31/h3-9,16-17,19,21,27H,10-15H2,1-2H3,(H,36,39). The van der Waals surface area contributed by atoms with Crippen LogP contribution in [0, 0.1) is 12.8 Å². The average molecular weight is 611 g/mol. The molecule has 1 amide bonds. The fraction of sp³-hybridized carbons (Fsp3) is 0.414. The zero-order chi connectivity index (χ0) is 29.6. The summed E-state index contributed by atoms with van der Waals surface area (Å²) in [4.78, 5) is 23.2. The molecule has 0 saturated carbocycles. The molecule has 220 valence electrons. The lowest BCUT2D eigenvalue weighted by Gasteiger charge is -2.39. The van der Waals surface area contributed by atoms with E-state index in [1.807, 2.05) is 19.1 Å². The van der Waals surface area contributed by atoms with Crippen molar-refractivity contribution in [3.05, 3.63) is 81.7 Å². The lowest BCUT2D eigenvalue weighted by Crippen LogP contribution is -2.43. The molecule has 1 aliphatic rings. The van der Waals surface area contributed by atoms with Crippen molar-refractivity contribution >= 4 is 29.1 Å². The summed E-state index contributed by atoms with van der Waals surface area (Å²) in [6, 6.07) is 11.5. The first-order valence-electron chi connectivity index (χ1n) is 13.3. The van der Waals surface area contributed by atoms with Crippen molar-refractivity contribution in [3.63, 3.8) is 0 Å². The number of benzene rings is 1. The van der Waals surface area contributed by atoms with E-state index in [0.717, 1.165) is 43.6 Å². The molecule has 7 nitrogen and oxygen atoms in total. The molecule has 41 heavy (non-hydrogen) atoms. The fourth-order valence-corrected chi connectivity index (χ4v) is 5.50. The molecule has 0 spiro atoms. The van der Waals surface area contributed by atoms with Gasteiger partial charge in [-0.05, 0) is 70.0 Å². The van der Waals surface area contributed by atoms with Crippen molar-refractivity contribution in [1.82, 2.24) is 20.2 Å². The van der Waals surface area contributed by atoms with Gasteiger partial charge in [0.25, 0.3) is 5.91 Å². The van der Waals surface area contributed by atoms with Gasteiger partial charge in [-0.2, -0.15) is 0 Å². The Morgan fingerprint density at radius 2 is 1.76 bits per heavy atom. The molecule has 1 aliphatic heterocycles. The van der Waals surface area contributed by atoms with Crippen LogP contribution in [0.15, 0.2) is 54.9 Å². The summed E-state index contributed by atoms with van der Waals surface area (Å²) in [5, 5.41) is 3.28. The number of piperidine rings is 1. The summed E-state index contributed by atoms with van der Waals surface area (Å²) in [6.07, 6.45) is -0.0287. The van der Waals surface area contributed by atoms with Gasteiger partial charge in [-0.25, -0.2) is 4.98 Å². The fourth-order valence-electron chi connectivity index (χ4n) is 4.97. The van der Waals surface area contributed by atoms with Crippen LogP contribution in [0.5, 0.6) is 11.6 Å². The first kappa shape index (κ1) is 30.9. The summed E-state index contributed by atoms with van der Waals surface area (Å²) >= 11 is 12.2. The highest BCUT2D eigenvalue weighted by Crippen LogP contribution is 2.36. The Labute approximate surface area is 247 Å². The van der Waals surface area contributed by atoms with Crippen LogP contribution in [-0.2, 0) is 0 Å². The summed E-state index contributed by atoms with van der Waals surface area (Å²) < 4.78 is 48.3. The van der Waals surface area contributed by atoms with E-state index in [1.54, 1.807) is 18.2 Å². The Morgan fingerprint density at radius 3 is 2.37 bits per heavy atom. The number of pyridine rings is 2. The highest BCUT2D eigenvalue weighted by Gasteiger charge is 2.33. The number of aromatic nitrogens is 2. The number of amides is 1. The molecule has 1 N–H and O–H groups in total. The molecule has 3 aromatic rings. The molecule has 0 bridgehead atoms. The van der Waals surface area contributed by atoms with E-state index in [2.05, 4.69) is 31.8 Å². The zero-order valence-electron chi connectivity index (χ0n) is 22.6. The number of nitrogens with zero attached hydrogens (tertiary/aromatic N) is 3. The number of ether oxygens (including phenoxy) is 2. The normalized spacial score (nSPS) is 16.2. The summed E-state index contributed by atoms with van der Waals surface area (Å²) in [7, 11) is 0. The molecule has 4 rings (SSSR count). The van der Waals surface area contributed by atoms with Crippen molar-refractivity contribution in [2.45, 2.75) is 51.6 Å². The summed E-state index contributed by atoms with van der Waals surface area (Å²) in [6.45, 7) is 6.04. The second-order valence-corrected chi connectivity index (χ2v) is 10.8. The molecular formula is C29H31Cl2F3N4O3. The second kappa shape index (κ2) is 13.7. The van der Waals surface area contributed by atoms with Crippen LogP contribution in [0.3, 0.4) is 0 Å². The van der Waals surface area contributed by atoms with Crippen LogP contribution < -0.4 is 14.8 Å². The van der Waals surface area contributed by atoms with Crippen LogP contribution in [0.4, 0.5) is 13.2 Å². The smallest absolute Gasteiger partial charge is 0.469 e. The van der Waals surface area contributed by atoms with Crippen LogP contribution in [-0.4, -0.2) is 52.8 Å². The molecule has 0 radical (unpaired) electrons. The first-order chi connectivity index (χ1) is 19.5. The van der Waals surface area contributed by atoms with E-state index in [9.17, 15) is 18.0 Å². The predicted octanol–water partition coefficient (Wildman–Crippen LogP) is 7.03. The molecule has 1 aromatic carbocycles. The van der Waals surface area contributed by atoms with Gasteiger partial charge in [0, 0.05) is 42.7 Å². The van der Waals surface area contributed by atoms with Gasteiger partial charge in [0.2, 0.25) is 5.88 Å². The molecular weight excluding hydrogens is 580 g/mol. The molecule has 0 aliphatic carbocycles. The second-order valence-electron chi connectivity index (χ2n) is 10.0. The van der Waals surface area contributed by atoms with E-state index < -0.39 is 12.5 Å². The maximum absolute atomic E-state index is 12.7. The number of aryl methyl sites for hydroxylation is 1. The number of carbonyl (C=O) groups is 1. The Hall–Kier alpha value is -3.08. The van der Waals surface area contributed by atoms with E-state index in [-0.39, 0.29) is 39.2 Å². The van der Waals surface area contributed by atoms with Crippen molar-refractivity contribution in [3.8, 4) is 11.6 Å². The Bertz CT molecular complexity index is 1300. The number of nitrogens with one attached hydrogen (secondary N) is 1. The highest BCUT2D eigenvalue weighted by atomic mass is 35.5. The third-order valence-electron chi connectivity index (χ3n) is 7.11. The number of hydrogen-bond donors (Lipinski definition) is 1. The maximum Gasteiger partial charge on any atom is 0.573 e. The number of hydrogen-bond acceptors (Lipinski definition) is 6. The van der Waals surface area contributed by atoms with Gasteiger partial charge in [-0.15, -0.1) is 13.2 Å². The third kappa shape index (κ3) is 8.70. The van der Waals surface area contributed by atoms with E-state index >= 15 is 0 Å². The van der Waals surface area contributed by atoms with Crippen molar-refractivity contribution in [1.29, 1.82) is 0 Å². The van der Waals surface area contributed by atoms with Crippen molar-refractivity contribution in [2.24, 2.45) is 5.92 Å². The van der Waals surface area contributed by atoms with Gasteiger partial charge < -0.3 is 19.7 Å². The first-order valence-corrected chi connectivity index (χ1v) is 14.0. The number of rotatable bonds is 10. The molecule has 2 unspecified atom stereocenters. The van der Waals surface area contributed by atoms with E-state index in [1.165, 1.54) is 24.5 Å². The van der Waals surface area contributed by atoms with Gasteiger partial charge >= 0.3 is 6.36 Å². The van der Waals surface area contributed by atoms with Gasteiger partial charge in [0.1, 0.15) is 11.9 Å². The van der Waals surface area contributed by atoms with Gasteiger partial charge in [-0.3, -0.25) is 9.78 Å². The van der Waals surface area contributed by atoms with Crippen LogP contribution >= 0.6 is 23.2 Å². The number of alkyl halides is 3. The molecule has 3 heterocycles. The SMILES string of the molecule is Cc1cccc(OC(c2ccc(OC(F)(F)F)cc2)C2CCN(C(C)CCNC(=O)c3c(Cl)cncc3Cl)CC2)n1. The van der Waals surface area contributed by atoms with Crippen molar-refractivity contribution in [2.75, 3.05) is 19.6 Å². The molecule has 1 saturated heterocycles. The van der Waals surface area contributed by atoms with E-state index in [0.29, 0.717) is 12.4 Å². The van der Waals surface area contributed by atoms with Gasteiger partial charge in [0.05, 0.1) is 15.6 Å². The monoisotopic (exact) mass is 610 g/mol. The maximum atomic E-state index is 12.7. The number of likely N-dealkylation sites (tertiary alicyclic amines) is 1. The van der Waals surface area contributed by atoms with Gasteiger partial charge in [-0.1, -0.05) is 41.4 Å². The molecule has 2 atom stereocenters. The number of carbonyl (C=O) groups excluding carboxylic acids is 1. The average Bonchev–Trinajstić information content (AvgIpc) is 2.91. The van der Waals surface area contributed by atoms with Gasteiger partial charge in [0.15, 0.2) is 0 Å². The van der Waals surface area contributed by atoms with Crippen LogP contribution in [0.1, 0.15) is 53.9 Å².